The van der Waals surface area contributed by atoms with Crippen LogP contribution >= 0.6 is 0 Å². The SMILES string of the molecule is CC.CCCN(CCCNC(=O)OC1CC/C=C/CCC1)C(=O)c1ccccc1C1=c2cc3c(cc2Oc2cc4c(cc21)C(C)CC(C)(C)C4)=CC(C)(C)CC3C.CCCN(CCCOc1ccc(-c2nnc(C)nn2)cc1)C(=O)c1ccccc1C1=c2cc3c(cc2Oc2cc4c(cc21)C(C)CC(C)(C)C4)=CC(C)(C)CC3C.COC=O.O=C=O.O=S(=O)=O.O=S(=O)=O. The van der Waals surface area contributed by atoms with Crippen LogP contribution in [-0.4, -0.2) is 139 Å². The summed E-state index contributed by atoms with van der Waals surface area (Å²) in [5.41, 5.74) is 17.2. The predicted molar refractivity (Wildman–Crippen MR) is 498 cm³/mol. The lowest BCUT2D eigenvalue weighted by Gasteiger charge is -2.37. The number of rotatable bonds is 20. The molecule has 24 nitrogen and oxygen atoms in total. The third kappa shape index (κ3) is 27.0. The van der Waals surface area contributed by atoms with E-state index in [1.54, 1.807) is 6.92 Å². The van der Waals surface area contributed by atoms with Crippen LogP contribution in [0.4, 0.5) is 4.79 Å². The van der Waals surface area contributed by atoms with E-state index in [-0.39, 0.29) is 51.8 Å². The number of hydrogen-bond donors (Lipinski definition) is 1. The fourth-order valence-corrected chi connectivity index (χ4v) is 19.6. The number of alkyl carbamates (subject to hydrolysis) is 1. The number of amides is 3. The molecular weight excluding hydrogens is 1670 g/mol. The van der Waals surface area contributed by atoms with Gasteiger partial charge in [-0.25, -0.2) is 4.79 Å². The molecule has 0 saturated carbocycles. The van der Waals surface area contributed by atoms with E-state index < -0.39 is 21.2 Å². The average molecular weight is 1800 g/mol. The molecule has 1 N–H and O–H groups in total. The van der Waals surface area contributed by atoms with Crippen molar-refractivity contribution in [2.75, 3.05) is 46.4 Å². The van der Waals surface area contributed by atoms with Gasteiger partial charge < -0.3 is 38.8 Å². The average Bonchev–Trinajstić information content (AvgIpc) is 0.728. The predicted octanol–water partition coefficient (Wildman–Crippen LogP) is 17.8. The van der Waals surface area contributed by atoms with Gasteiger partial charge >= 0.3 is 33.5 Å². The lowest BCUT2D eigenvalue weighted by molar-refractivity contribution is -0.191. The summed E-state index contributed by atoms with van der Waals surface area (Å²) in [4.78, 5) is 71.4. The van der Waals surface area contributed by atoms with Crippen LogP contribution in [0.5, 0.6) is 28.7 Å². The van der Waals surface area contributed by atoms with Gasteiger partial charge in [0.05, 0.1) is 13.7 Å². The molecule has 3 amide bonds. The molecule has 7 aliphatic rings. The van der Waals surface area contributed by atoms with E-state index in [0.717, 1.165) is 162 Å². The van der Waals surface area contributed by atoms with Crippen molar-refractivity contribution in [2.24, 2.45) is 21.7 Å². The fourth-order valence-electron chi connectivity index (χ4n) is 19.6. The van der Waals surface area contributed by atoms with Crippen LogP contribution in [0.3, 0.4) is 0 Å². The number of nitrogens with one attached hydrogen (secondary N) is 1. The minimum absolute atomic E-state index is 0.0131. The number of allylic oxidation sites excluding steroid dienone is 2. The lowest BCUT2D eigenvalue weighted by atomic mass is 9.69. The van der Waals surface area contributed by atoms with E-state index in [4.69, 9.17) is 58.6 Å². The third-order valence-electron chi connectivity index (χ3n) is 24.2. The Labute approximate surface area is 762 Å². The number of nitrogens with zero attached hydrogens (tertiary/aromatic N) is 6. The molecular formula is C103H127N7O17S2. The normalized spacial score (nSPS) is 18.4. The number of ether oxygens (including phenoxy) is 5. The van der Waals surface area contributed by atoms with Gasteiger partial charge in [0, 0.05) is 82.1 Å². The molecule has 1 aromatic heterocycles. The van der Waals surface area contributed by atoms with Crippen LogP contribution in [0.15, 0.2) is 133 Å². The van der Waals surface area contributed by atoms with Gasteiger partial charge in [0.2, 0.25) is 5.82 Å². The standard InChI is InChI=1S/C49H55N5O3.C49H62N2O4.C2H4O2.C2H6.CO2.2O3S/c1-9-19-54(20-12-21-56-36-17-15-33(16-18-36)46-52-50-32(4)51-53-46)47(55)38-14-11-10-13-37(38)45-41-24-39-30(2)26-48(5,6)28-34(39)22-43(41)57-44-23-35-29-49(7,8)27-31(3)40(35)25-42(44)45;1-8-22-51(23-16-21-50-47(53)54-36-17-12-10-9-11-13-18-36)46(52)38-20-15-14-19-37(38)45-41-26-39-32(2)28-48(4,5)30-34(39)24-43(41)55-44-25-35-31-49(6,7)29-33(3)40(35)27-42(44)45;1-4-2-3;1-2;2-1-3;2*1-4(2)3/h10-11,13-18,22-25,28,30-31H,9,12,19-21,26-27,29H2,1-8H3;9-10,14-15,19-20,24-27,30,32-33,36H,8,11-13,16-18,21-23,28-29,31H2,1-7H3,(H,50,53);2H,1H3;1-2H3;;;/b;10-9+;;;;;. The molecule has 2 aliphatic heterocycles. The zero-order valence-corrected chi connectivity index (χ0v) is 79.7. The molecule has 5 aliphatic carbocycles. The summed E-state index contributed by atoms with van der Waals surface area (Å²) in [5.74, 6) is 6.89. The Morgan fingerprint density at radius 3 is 1.41 bits per heavy atom. The van der Waals surface area contributed by atoms with E-state index in [9.17, 15) is 14.4 Å². The van der Waals surface area contributed by atoms with Gasteiger partial charge in [-0.1, -0.05) is 171 Å². The van der Waals surface area contributed by atoms with Crippen LogP contribution < -0.4 is 40.4 Å². The van der Waals surface area contributed by atoms with Crippen LogP contribution in [0.2, 0.25) is 0 Å². The van der Waals surface area contributed by atoms with Gasteiger partial charge in [-0.15, -0.1) is 45.6 Å². The molecule has 5 unspecified atom stereocenters. The van der Waals surface area contributed by atoms with Crippen molar-refractivity contribution in [3.63, 3.8) is 0 Å². The van der Waals surface area contributed by atoms with Gasteiger partial charge in [-0.2, -0.15) is 9.59 Å². The second-order valence-corrected chi connectivity index (χ2v) is 38.0. The van der Waals surface area contributed by atoms with Gasteiger partial charge in [-0.3, -0.25) is 14.4 Å². The van der Waals surface area contributed by atoms with Gasteiger partial charge in [0.25, 0.3) is 18.3 Å². The quantitative estimate of drug-likeness (QED) is 0.0421. The van der Waals surface area contributed by atoms with Gasteiger partial charge in [-0.05, 0) is 288 Å². The number of aryl methyl sites for hydroxylation is 1. The summed E-state index contributed by atoms with van der Waals surface area (Å²) < 4.78 is 80.3. The van der Waals surface area contributed by atoms with E-state index >= 15 is 0 Å². The van der Waals surface area contributed by atoms with Crippen molar-refractivity contribution in [2.45, 2.75) is 244 Å². The summed E-state index contributed by atoms with van der Waals surface area (Å²) >= 11 is 0. The number of methoxy groups -OCH3 is 1. The number of aromatic nitrogens is 4. The van der Waals surface area contributed by atoms with Crippen molar-refractivity contribution in [3.8, 4) is 40.1 Å². The van der Waals surface area contributed by atoms with Crippen LogP contribution in [0.25, 0.3) is 34.7 Å². The van der Waals surface area contributed by atoms with Crippen molar-refractivity contribution < 1.29 is 77.7 Å². The zero-order valence-electron chi connectivity index (χ0n) is 78.1. The highest BCUT2D eigenvalue weighted by molar-refractivity contribution is 7.59. The summed E-state index contributed by atoms with van der Waals surface area (Å²) in [6.07, 6.45) is 23.3. The first-order valence-corrected chi connectivity index (χ1v) is 47.1. The molecule has 8 aromatic rings. The molecule has 15 rings (SSSR count). The maximum Gasteiger partial charge on any atom is 0.425 e. The molecule has 5 atom stereocenters. The molecule has 26 heteroatoms. The highest BCUT2D eigenvalue weighted by atomic mass is 32.2. The first kappa shape index (κ1) is 101. The molecule has 129 heavy (non-hydrogen) atoms. The summed E-state index contributed by atoms with van der Waals surface area (Å²) in [6.45, 7) is 41.8. The Kier molecular flexibility index (Phi) is 36.1. The van der Waals surface area contributed by atoms with Crippen molar-refractivity contribution in [1.29, 1.82) is 0 Å². The first-order valence-electron chi connectivity index (χ1n) is 45.1. The molecule has 688 valence electrons. The second-order valence-electron chi connectivity index (χ2n) is 37.2. The largest absolute Gasteiger partial charge is 0.494 e. The zero-order chi connectivity index (χ0) is 94.2. The maximum atomic E-state index is 14.8. The topological polar surface area (TPSA) is 321 Å². The Bertz CT molecular complexity index is 5890. The maximum absolute atomic E-state index is 14.8. The Morgan fingerprint density at radius 2 is 0.969 bits per heavy atom. The number of hydrogen-bond acceptors (Lipinski definition) is 21. The summed E-state index contributed by atoms with van der Waals surface area (Å²) in [7, 11) is -4.91. The number of fused-ring (bicyclic) bond motifs is 8. The van der Waals surface area contributed by atoms with Crippen LogP contribution in [-0.2, 0) is 57.9 Å². The summed E-state index contributed by atoms with van der Waals surface area (Å²) in [6, 6.07) is 42.5. The first-order chi connectivity index (χ1) is 61.4. The highest BCUT2D eigenvalue weighted by Gasteiger charge is 2.38. The molecule has 0 saturated heterocycles. The Balaban J connectivity index is 0.000000248. The second kappa shape index (κ2) is 46.1. The minimum atomic E-state index is -3.11. The lowest BCUT2D eigenvalue weighted by Crippen LogP contribution is -2.36. The Hall–Kier alpha value is -11.6. The van der Waals surface area contributed by atoms with E-state index in [2.05, 4.69) is 224 Å². The van der Waals surface area contributed by atoms with Crippen molar-refractivity contribution in [3.05, 3.63) is 227 Å². The molecule has 0 spiro atoms. The molecule has 3 heterocycles. The Morgan fingerprint density at radius 1 is 0.543 bits per heavy atom. The molecule has 7 aromatic carbocycles. The molecule has 0 fully saturated rings. The number of benzene rings is 7. The van der Waals surface area contributed by atoms with E-state index in [1.807, 2.05) is 72.2 Å². The number of carbonyl (C=O) groups is 4. The fraction of sp³-hybridized carbons (Fsp3) is 0.466. The number of carbonyl (C=O) groups excluding carboxylic acids is 6. The van der Waals surface area contributed by atoms with Crippen LogP contribution in [0, 0.1) is 28.6 Å². The third-order valence-corrected chi connectivity index (χ3v) is 24.2. The van der Waals surface area contributed by atoms with Gasteiger partial charge in [0.15, 0.2) is 5.82 Å². The molecule has 0 bridgehead atoms. The van der Waals surface area contributed by atoms with Crippen LogP contribution in [0.1, 0.15) is 300 Å². The van der Waals surface area contributed by atoms with Crippen molar-refractivity contribution in [1.82, 2.24) is 35.5 Å². The minimum Gasteiger partial charge on any atom is -0.494 e. The monoisotopic (exact) mass is 1800 g/mol. The van der Waals surface area contributed by atoms with Gasteiger partial charge in [0.1, 0.15) is 34.9 Å². The summed E-state index contributed by atoms with van der Waals surface area (Å²) in [5, 5.41) is 23.8. The molecule has 0 radical (unpaired) electrons. The van der Waals surface area contributed by atoms with Crippen molar-refractivity contribution >= 4 is 75.0 Å². The highest BCUT2D eigenvalue weighted by Crippen LogP contribution is 2.50. The van der Waals surface area contributed by atoms with E-state index in [1.165, 1.54) is 50.9 Å². The smallest absolute Gasteiger partial charge is 0.425 e. The van der Waals surface area contributed by atoms with E-state index in [0.29, 0.717) is 105 Å².